The Kier molecular flexibility index (Phi) is 6.96. The summed E-state index contributed by atoms with van der Waals surface area (Å²) in [6.45, 7) is 3.21. The molecule has 204 valence electrons. The molecule has 1 spiro atoms. The maximum absolute atomic E-state index is 13.5. The van der Waals surface area contributed by atoms with Crippen molar-refractivity contribution >= 4 is 23.4 Å². The molecule has 2 amide bonds. The van der Waals surface area contributed by atoms with Crippen LogP contribution < -0.4 is 4.74 Å². The third kappa shape index (κ3) is 4.92. The first-order valence-corrected chi connectivity index (χ1v) is 14.0. The summed E-state index contributed by atoms with van der Waals surface area (Å²) in [6.07, 6.45) is 3.79. The van der Waals surface area contributed by atoms with Gasteiger partial charge in [-0.25, -0.2) is 0 Å². The molecule has 3 aromatic rings. The van der Waals surface area contributed by atoms with Gasteiger partial charge in [0.2, 0.25) is 5.91 Å². The standard InChI is InChI=1S/C33H32N2O5/c36-29(11-6-20-40-24-7-2-1-3-8-24)34-17-14-33(15-18-34)16-19-35(22-33)32(39)23-12-13-27-28(21-23)31(38)26-10-5-4-9-25(26)30(27)37/h1-5,7-10,12-13,21H,6,11,14-20,22H2. The normalized spacial score (nSPS) is 17.5. The van der Waals surface area contributed by atoms with E-state index in [1.54, 1.807) is 42.5 Å². The number of amides is 2. The van der Waals surface area contributed by atoms with Gasteiger partial charge in [-0.2, -0.15) is 0 Å². The average Bonchev–Trinajstić information content (AvgIpc) is 3.41. The van der Waals surface area contributed by atoms with Crippen LogP contribution in [0, 0.1) is 5.41 Å². The molecule has 0 N–H and O–H groups in total. The number of hydrogen-bond donors (Lipinski definition) is 0. The quantitative estimate of drug-likeness (QED) is 0.331. The molecule has 0 atom stereocenters. The fourth-order valence-electron chi connectivity index (χ4n) is 6.25. The second-order valence-corrected chi connectivity index (χ2v) is 11.1. The lowest BCUT2D eigenvalue weighted by molar-refractivity contribution is -0.133. The van der Waals surface area contributed by atoms with Gasteiger partial charge in [0.1, 0.15) is 5.75 Å². The molecule has 3 aromatic carbocycles. The van der Waals surface area contributed by atoms with E-state index >= 15 is 0 Å². The number of benzene rings is 3. The summed E-state index contributed by atoms with van der Waals surface area (Å²) in [7, 11) is 0. The number of carbonyl (C=O) groups is 4. The Bertz CT molecular complexity index is 1470. The predicted molar refractivity (Wildman–Crippen MR) is 150 cm³/mol. The fourth-order valence-corrected chi connectivity index (χ4v) is 6.25. The second-order valence-electron chi connectivity index (χ2n) is 11.1. The summed E-state index contributed by atoms with van der Waals surface area (Å²) < 4.78 is 5.70. The van der Waals surface area contributed by atoms with E-state index in [0.717, 1.165) is 25.0 Å². The zero-order chi connectivity index (χ0) is 27.7. The first-order valence-electron chi connectivity index (χ1n) is 14.0. The van der Waals surface area contributed by atoms with Gasteiger partial charge >= 0.3 is 0 Å². The number of piperidine rings is 1. The van der Waals surface area contributed by atoms with Crippen molar-refractivity contribution in [3.63, 3.8) is 0 Å². The van der Waals surface area contributed by atoms with Crippen LogP contribution in [0.4, 0.5) is 0 Å². The summed E-state index contributed by atoms with van der Waals surface area (Å²) in [5, 5.41) is 0. The van der Waals surface area contributed by atoms with E-state index in [1.807, 2.05) is 40.1 Å². The summed E-state index contributed by atoms with van der Waals surface area (Å²) in [6, 6.07) is 21.3. The van der Waals surface area contributed by atoms with Crippen LogP contribution in [0.25, 0.3) is 0 Å². The highest BCUT2D eigenvalue weighted by atomic mass is 16.5. The second kappa shape index (κ2) is 10.7. The number of rotatable bonds is 6. The Balaban J connectivity index is 1.03. The zero-order valence-electron chi connectivity index (χ0n) is 22.4. The third-order valence-electron chi connectivity index (χ3n) is 8.62. The minimum atomic E-state index is -0.221. The van der Waals surface area contributed by atoms with Gasteiger partial charge in [-0.3, -0.25) is 19.2 Å². The van der Waals surface area contributed by atoms with Crippen LogP contribution in [0.3, 0.4) is 0 Å². The molecule has 2 aliphatic heterocycles. The Hall–Kier alpha value is -4.26. The van der Waals surface area contributed by atoms with Crippen molar-refractivity contribution in [1.82, 2.24) is 9.80 Å². The minimum absolute atomic E-state index is 0.0157. The van der Waals surface area contributed by atoms with Crippen molar-refractivity contribution in [3.05, 3.63) is 101 Å². The van der Waals surface area contributed by atoms with Crippen LogP contribution in [0.2, 0.25) is 0 Å². The van der Waals surface area contributed by atoms with Crippen LogP contribution in [-0.4, -0.2) is 66.0 Å². The van der Waals surface area contributed by atoms with Gasteiger partial charge in [0.15, 0.2) is 11.6 Å². The molecule has 6 rings (SSSR count). The van der Waals surface area contributed by atoms with Crippen molar-refractivity contribution in [2.24, 2.45) is 5.41 Å². The molecule has 3 aliphatic rings. The molecule has 7 nitrogen and oxygen atoms in total. The number of fused-ring (bicyclic) bond motifs is 2. The number of para-hydroxylation sites is 1. The molecule has 2 heterocycles. The van der Waals surface area contributed by atoms with Gasteiger partial charge in [0.05, 0.1) is 6.61 Å². The highest BCUT2D eigenvalue weighted by Crippen LogP contribution is 2.41. The van der Waals surface area contributed by atoms with Crippen LogP contribution >= 0.6 is 0 Å². The lowest BCUT2D eigenvalue weighted by Gasteiger charge is -2.39. The van der Waals surface area contributed by atoms with E-state index in [4.69, 9.17) is 4.74 Å². The first kappa shape index (κ1) is 26.0. The molecule has 2 saturated heterocycles. The summed E-state index contributed by atoms with van der Waals surface area (Å²) in [5.41, 5.74) is 1.88. The number of carbonyl (C=O) groups excluding carboxylic acids is 4. The van der Waals surface area contributed by atoms with E-state index in [2.05, 4.69) is 0 Å². The molecular formula is C33H32N2O5. The molecule has 40 heavy (non-hydrogen) atoms. The number of ketones is 2. The van der Waals surface area contributed by atoms with Crippen molar-refractivity contribution in [2.45, 2.75) is 32.1 Å². The first-order chi connectivity index (χ1) is 19.4. The van der Waals surface area contributed by atoms with Gasteiger partial charge < -0.3 is 14.5 Å². The van der Waals surface area contributed by atoms with E-state index < -0.39 is 0 Å². The molecule has 0 saturated carbocycles. The summed E-state index contributed by atoms with van der Waals surface area (Å²) in [5.74, 6) is 0.453. The SMILES string of the molecule is O=C1c2ccccc2C(=O)c2cc(C(=O)N3CCC4(CCN(C(=O)CCCOc5ccccc5)CC4)C3)ccc21. The average molecular weight is 537 g/mol. The molecule has 0 unspecified atom stereocenters. The van der Waals surface area contributed by atoms with Gasteiger partial charge in [0.25, 0.3) is 5.91 Å². The number of likely N-dealkylation sites (tertiary alicyclic amines) is 2. The molecule has 0 radical (unpaired) electrons. The Morgan fingerprint density at radius 3 is 2.02 bits per heavy atom. The Morgan fingerprint density at radius 1 is 0.725 bits per heavy atom. The maximum Gasteiger partial charge on any atom is 0.253 e. The van der Waals surface area contributed by atoms with E-state index in [1.165, 1.54) is 0 Å². The predicted octanol–water partition coefficient (Wildman–Crippen LogP) is 4.78. The monoisotopic (exact) mass is 536 g/mol. The van der Waals surface area contributed by atoms with Crippen molar-refractivity contribution in [1.29, 1.82) is 0 Å². The third-order valence-corrected chi connectivity index (χ3v) is 8.62. The Morgan fingerprint density at radius 2 is 1.32 bits per heavy atom. The Labute approximate surface area is 233 Å². The van der Waals surface area contributed by atoms with E-state index in [0.29, 0.717) is 73.4 Å². The lowest BCUT2D eigenvalue weighted by Crippen LogP contribution is -2.44. The topological polar surface area (TPSA) is 84.0 Å². The molecule has 0 bridgehead atoms. The molecule has 7 heteroatoms. The van der Waals surface area contributed by atoms with Gasteiger partial charge in [0, 0.05) is 60.4 Å². The summed E-state index contributed by atoms with van der Waals surface area (Å²) >= 11 is 0. The molecule has 0 aromatic heterocycles. The largest absolute Gasteiger partial charge is 0.494 e. The van der Waals surface area contributed by atoms with Crippen molar-refractivity contribution in [3.8, 4) is 5.75 Å². The zero-order valence-corrected chi connectivity index (χ0v) is 22.4. The highest BCUT2D eigenvalue weighted by molar-refractivity contribution is 6.28. The molecule has 1 aliphatic carbocycles. The van der Waals surface area contributed by atoms with Gasteiger partial charge in [-0.15, -0.1) is 0 Å². The van der Waals surface area contributed by atoms with Crippen LogP contribution in [-0.2, 0) is 4.79 Å². The number of hydrogen-bond acceptors (Lipinski definition) is 5. The molecule has 2 fully saturated rings. The van der Waals surface area contributed by atoms with Crippen LogP contribution in [0.15, 0.2) is 72.8 Å². The lowest BCUT2D eigenvalue weighted by atomic mass is 9.77. The molecular weight excluding hydrogens is 504 g/mol. The van der Waals surface area contributed by atoms with Crippen molar-refractivity contribution < 1.29 is 23.9 Å². The van der Waals surface area contributed by atoms with E-state index in [-0.39, 0.29) is 28.8 Å². The van der Waals surface area contributed by atoms with Crippen LogP contribution in [0.5, 0.6) is 5.75 Å². The minimum Gasteiger partial charge on any atom is -0.494 e. The fraction of sp³-hybridized carbons (Fsp3) is 0.333. The smallest absolute Gasteiger partial charge is 0.253 e. The van der Waals surface area contributed by atoms with E-state index in [9.17, 15) is 19.2 Å². The number of ether oxygens (including phenoxy) is 1. The van der Waals surface area contributed by atoms with Crippen molar-refractivity contribution in [2.75, 3.05) is 32.8 Å². The highest BCUT2D eigenvalue weighted by Gasteiger charge is 2.43. The maximum atomic E-state index is 13.5. The van der Waals surface area contributed by atoms with Gasteiger partial charge in [-0.1, -0.05) is 42.5 Å². The van der Waals surface area contributed by atoms with Crippen LogP contribution in [0.1, 0.15) is 74.3 Å². The van der Waals surface area contributed by atoms with Gasteiger partial charge in [-0.05, 0) is 61.4 Å². The summed E-state index contributed by atoms with van der Waals surface area (Å²) in [4.78, 5) is 56.1. The number of nitrogens with zero attached hydrogens (tertiary/aromatic N) is 2.